The minimum absolute atomic E-state index is 0.0453. The van der Waals surface area contributed by atoms with Crippen molar-refractivity contribution in [2.45, 2.75) is 44.8 Å². The normalized spacial score (nSPS) is 17.3. The number of fused-ring (bicyclic) bond motifs is 3. The van der Waals surface area contributed by atoms with Gasteiger partial charge in [0.25, 0.3) is 5.56 Å². The first-order valence-electron chi connectivity index (χ1n) is 7.93. The molecule has 0 radical (unpaired) electrons. The van der Waals surface area contributed by atoms with Gasteiger partial charge in [-0.1, -0.05) is 18.7 Å². The maximum absolute atomic E-state index is 12.9. The van der Waals surface area contributed by atoms with E-state index in [1.165, 1.54) is 22.2 Å². The Hall–Kier alpha value is -1.34. The second-order valence-electron chi connectivity index (χ2n) is 5.94. The predicted molar refractivity (Wildman–Crippen MR) is 95.5 cm³/mol. The molecule has 1 amide bonds. The molecule has 0 aliphatic heterocycles. The standard InChI is InChI=1S/C16H21N3O2S2/c1-4-19-15(21)13-10-6-5-9(2)7-11(10)23-14(13)18-16(19)22-8-12(20)17-3/h9H,4-8H2,1-3H3,(H,17,20)/t9-/m0/s1. The molecule has 2 aromatic rings. The number of rotatable bonds is 4. The molecule has 7 heteroatoms. The molecule has 5 nitrogen and oxygen atoms in total. The van der Waals surface area contributed by atoms with E-state index >= 15 is 0 Å². The summed E-state index contributed by atoms with van der Waals surface area (Å²) < 4.78 is 1.70. The number of thiophene rings is 1. The maximum atomic E-state index is 12.9. The third kappa shape index (κ3) is 3.04. The molecule has 0 saturated carbocycles. The third-order valence-corrected chi connectivity index (χ3v) is 6.43. The lowest BCUT2D eigenvalue weighted by atomic mass is 9.89. The van der Waals surface area contributed by atoms with Crippen molar-refractivity contribution in [3.05, 3.63) is 20.8 Å². The van der Waals surface area contributed by atoms with E-state index in [2.05, 4.69) is 12.2 Å². The Kier molecular flexibility index (Phi) is 4.77. The lowest BCUT2D eigenvalue weighted by Crippen LogP contribution is -2.25. The van der Waals surface area contributed by atoms with Crippen molar-refractivity contribution in [1.82, 2.24) is 14.9 Å². The van der Waals surface area contributed by atoms with Gasteiger partial charge in [0.1, 0.15) is 4.83 Å². The van der Waals surface area contributed by atoms with E-state index in [1.807, 2.05) is 6.92 Å². The maximum Gasteiger partial charge on any atom is 0.263 e. The average molecular weight is 351 g/mol. The second-order valence-corrected chi connectivity index (χ2v) is 7.96. The fraction of sp³-hybridized carbons (Fsp3) is 0.562. The van der Waals surface area contributed by atoms with Crippen molar-refractivity contribution in [3.8, 4) is 0 Å². The Bertz CT molecular complexity index is 810. The zero-order valence-electron chi connectivity index (χ0n) is 13.6. The molecule has 0 bridgehead atoms. The molecule has 124 valence electrons. The van der Waals surface area contributed by atoms with Crippen LogP contribution < -0.4 is 10.9 Å². The van der Waals surface area contributed by atoms with Crippen LogP contribution in [-0.2, 0) is 24.2 Å². The summed E-state index contributed by atoms with van der Waals surface area (Å²) in [5.74, 6) is 0.883. The number of carbonyl (C=O) groups is 1. The Morgan fingerprint density at radius 2 is 2.30 bits per heavy atom. The summed E-state index contributed by atoms with van der Waals surface area (Å²) in [6.07, 6.45) is 3.15. The first-order chi connectivity index (χ1) is 11.0. The van der Waals surface area contributed by atoms with Gasteiger partial charge >= 0.3 is 0 Å². The molecule has 0 saturated heterocycles. The van der Waals surface area contributed by atoms with Crippen LogP contribution >= 0.6 is 23.1 Å². The molecule has 1 aliphatic carbocycles. The summed E-state index contributed by atoms with van der Waals surface area (Å²) in [6.45, 7) is 4.77. The number of nitrogens with one attached hydrogen (secondary N) is 1. The van der Waals surface area contributed by atoms with Crippen LogP contribution in [0.25, 0.3) is 10.2 Å². The summed E-state index contributed by atoms with van der Waals surface area (Å²) in [7, 11) is 1.61. The lowest BCUT2D eigenvalue weighted by Gasteiger charge is -2.17. The highest BCUT2D eigenvalue weighted by Crippen LogP contribution is 2.36. The Morgan fingerprint density at radius 3 is 3.00 bits per heavy atom. The largest absolute Gasteiger partial charge is 0.358 e. The fourth-order valence-corrected chi connectivity index (χ4v) is 5.36. The monoisotopic (exact) mass is 351 g/mol. The predicted octanol–water partition coefficient (Wildman–Crippen LogP) is 2.44. The van der Waals surface area contributed by atoms with Gasteiger partial charge in [0.2, 0.25) is 5.91 Å². The van der Waals surface area contributed by atoms with E-state index in [0.717, 1.165) is 29.5 Å². The van der Waals surface area contributed by atoms with Crippen LogP contribution in [0, 0.1) is 5.92 Å². The van der Waals surface area contributed by atoms with Gasteiger partial charge in [-0.3, -0.25) is 14.2 Å². The lowest BCUT2D eigenvalue weighted by molar-refractivity contribution is -0.118. The molecule has 3 rings (SSSR count). The molecule has 2 heterocycles. The first kappa shape index (κ1) is 16.5. The topological polar surface area (TPSA) is 64.0 Å². The molecular formula is C16H21N3O2S2. The zero-order valence-corrected chi connectivity index (χ0v) is 15.3. The van der Waals surface area contributed by atoms with Crippen molar-refractivity contribution in [3.63, 3.8) is 0 Å². The molecule has 0 unspecified atom stereocenters. The summed E-state index contributed by atoms with van der Waals surface area (Å²) in [6, 6.07) is 0. The summed E-state index contributed by atoms with van der Waals surface area (Å²) >= 11 is 2.98. The van der Waals surface area contributed by atoms with Crippen molar-refractivity contribution in [1.29, 1.82) is 0 Å². The Labute approximate surface area is 143 Å². The third-order valence-electron chi connectivity index (χ3n) is 4.31. The zero-order chi connectivity index (χ0) is 16.6. The van der Waals surface area contributed by atoms with Crippen LogP contribution in [-0.4, -0.2) is 28.3 Å². The number of nitrogens with zero attached hydrogens (tertiary/aromatic N) is 2. The highest BCUT2D eigenvalue weighted by molar-refractivity contribution is 7.99. The van der Waals surface area contributed by atoms with Gasteiger partial charge in [-0.25, -0.2) is 4.98 Å². The quantitative estimate of drug-likeness (QED) is 0.679. The van der Waals surface area contributed by atoms with E-state index in [4.69, 9.17) is 4.98 Å². The number of thioether (sulfide) groups is 1. The number of hydrogen-bond acceptors (Lipinski definition) is 5. The van der Waals surface area contributed by atoms with E-state index in [9.17, 15) is 9.59 Å². The van der Waals surface area contributed by atoms with E-state index < -0.39 is 0 Å². The molecule has 0 spiro atoms. The number of carbonyl (C=O) groups excluding carboxylic acids is 1. The van der Waals surface area contributed by atoms with E-state index in [1.54, 1.807) is 23.0 Å². The van der Waals surface area contributed by atoms with E-state index in [0.29, 0.717) is 17.6 Å². The van der Waals surface area contributed by atoms with Crippen molar-refractivity contribution < 1.29 is 4.79 Å². The summed E-state index contributed by atoms with van der Waals surface area (Å²) in [5, 5.41) is 4.04. The molecule has 2 aromatic heterocycles. The minimum Gasteiger partial charge on any atom is -0.358 e. The van der Waals surface area contributed by atoms with Crippen LogP contribution in [0.5, 0.6) is 0 Å². The Balaban J connectivity index is 2.09. The number of amides is 1. The van der Waals surface area contributed by atoms with Gasteiger partial charge < -0.3 is 5.32 Å². The fourth-order valence-electron chi connectivity index (χ4n) is 3.00. The van der Waals surface area contributed by atoms with Gasteiger partial charge in [0, 0.05) is 18.5 Å². The molecule has 1 atom stereocenters. The first-order valence-corrected chi connectivity index (χ1v) is 9.73. The van der Waals surface area contributed by atoms with Crippen LogP contribution in [0.2, 0.25) is 0 Å². The van der Waals surface area contributed by atoms with Crippen molar-refractivity contribution in [2.24, 2.45) is 5.92 Å². The summed E-state index contributed by atoms with van der Waals surface area (Å²) in [5.41, 5.74) is 1.26. The average Bonchev–Trinajstić information content (AvgIpc) is 2.89. The second kappa shape index (κ2) is 6.65. The van der Waals surface area contributed by atoms with Gasteiger partial charge in [0.15, 0.2) is 5.16 Å². The van der Waals surface area contributed by atoms with E-state index in [-0.39, 0.29) is 17.2 Å². The molecular weight excluding hydrogens is 330 g/mol. The minimum atomic E-state index is -0.0636. The number of aromatic nitrogens is 2. The van der Waals surface area contributed by atoms with Crippen LogP contribution in [0.4, 0.5) is 0 Å². The number of hydrogen-bond donors (Lipinski definition) is 1. The molecule has 1 N–H and O–H groups in total. The van der Waals surface area contributed by atoms with Gasteiger partial charge in [0.05, 0.1) is 11.1 Å². The van der Waals surface area contributed by atoms with Crippen molar-refractivity contribution >= 4 is 39.2 Å². The smallest absolute Gasteiger partial charge is 0.263 e. The highest BCUT2D eigenvalue weighted by atomic mass is 32.2. The van der Waals surface area contributed by atoms with Gasteiger partial charge in [-0.2, -0.15) is 0 Å². The highest BCUT2D eigenvalue weighted by Gasteiger charge is 2.24. The molecule has 0 fully saturated rings. The SMILES string of the molecule is CCn1c(SCC(=O)NC)nc2sc3c(c2c1=O)CC[C@H](C)C3. The van der Waals surface area contributed by atoms with Gasteiger partial charge in [-0.05, 0) is 37.7 Å². The molecule has 23 heavy (non-hydrogen) atoms. The molecule has 1 aliphatic rings. The number of aryl methyl sites for hydroxylation is 1. The van der Waals surface area contributed by atoms with Crippen LogP contribution in [0.3, 0.4) is 0 Å². The van der Waals surface area contributed by atoms with Crippen molar-refractivity contribution in [2.75, 3.05) is 12.8 Å². The van der Waals surface area contributed by atoms with Crippen LogP contribution in [0.15, 0.2) is 9.95 Å². The summed E-state index contributed by atoms with van der Waals surface area (Å²) in [4.78, 5) is 31.3. The molecule has 0 aromatic carbocycles. The van der Waals surface area contributed by atoms with Crippen LogP contribution in [0.1, 0.15) is 30.7 Å². The Morgan fingerprint density at radius 1 is 1.52 bits per heavy atom. The van der Waals surface area contributed by atoms with Gasteiger partial charge in [-0.15, -0.1) is 11.3 Å².